The van der Waals surface area contributed by atoms with Gasteiger partial charge in [-0.25, -0.2) is 0 Å². The van der Waals surface area contributed by atoms with Gasteiger partial charge in [0.2, 0.25) is 5.91 Å². The van der Waals surface area contributed by atoms with Crippen molar-refractivity contribution in [2.24, 2.45) is 0 Å². The molecule has 2 saturated heterocycles. The Kier molecular flexibility index (Phi) is 6.30. The number of rotatable bonds is 5. The van der Waals surface area contributed by atoms with Gasteiger partial charge in [0.1, 0.15) is 11.5 Å². The molecule has 2 heterocycles. The number of carbonyl (C=O) groups excluding carboxylic acids is 1. The van der Waals surface area contributed by atoms with E-state index in [1.165, 1.54) is 17.0 Å². The van der Waals surface area contributed by atoms with E-state index in [9.17, 15) is 23.1 Å². The molecule has 4 rings (SSSR count). The first-order valence-corrected chi connectivity index (χ1v) is 10.8. The number of nitrogens with one attached hydrogen (secondary N) is 3. The topological polar surface area (TPSA) is 107 Å². The van der Waals surface area contributed by atoms with Crippen LogP contribution in [0.2, 0.25) is 0 Å². The summed E-state index contributed by atoms with van der Waals surface area (Å²) in [5, 5.41) is 25.5. The molecule has 182 valence electrons. The van der Waals surface area contributed by atoms with E-state index in [0.29, 0.717) is 43.0 Å². The fourth-order valence-electron chi connectivity index (χ4n) is 4.36. The number of benzene rings is 2. The van der Waals surface area contributed by atoms with Crippen molar-refractivity contribution in [3.05, 3.63) is 48.0 Å². The molecule has 2 aliphatic heterocycles. The van der Waals surface area contributed by atoms with E-state index in [-0.39, 0.29) is 35.8 Å². The van der Waals surface area contributed by atoms with Gasteiger partial charge in [-0.1, -0.05) is 12.1 Å². The normalized spacial score (nSPS) is 21.8. The largest absolute Gasteiger partial charge is 0.573 e. The molecule has 0 aromatic heterocycles. The van der Waals surface area contributed by atoms with Crippen molar-refractivity contribution in [1.29, 1.82) is 5.41 Å². The van der Waals surface area contributed by atoms with Crippen LogP contribution in [0.15, 0.2) is 42.5 Å². The minimum atomic E-state index is -4.78. The van der Waals surface area contributed by atoms with Crippen LogP contribution in [0.5, 0.6) is 11.5 Å². The Balaban J connectivity index is 1.52. The molecule has 2 aromatic carbocycles. The third-order valence-electron chi connectivity index (χ3n) is 5.96. The zero-order valence-electron chi connectivity index (χ0n) is 18.4. The summed E-state index contributed by atoms with van der Waals surface area (Å²) in [6.45, 7) is 2.82. The maximum Gasteiger partial charge on any atom is 0.573 e. The average Bonchev–Trinajstić information content (AvgIpc) is 2.75. The fraction of sp³-hybridized carbons (Fsp3) is 0.391. The summed E-state index contributed by atoms with van der Waals surface area (Å²) in [4.78, 5) is 14.5. The van der Waals surface area contributed by atoms with Crippen molar-refractivity contribution < 1.29 is 32.5 Å². The number of anilines is 2. The maximum absolute atomic E-state index is 13.0. The number of para-hydroxylation sites is 1. The Morgan fingerprint density at radius 3 is 2.50 bits per heavy atom. The van der Waals surface area contributed by atoms with Gasteiger partial charge >= 0.3 is 6.36 Å². The summed E-state index contributed by atoms with van der Waals surface area (Å²) in [6.07, 6.45) is -3.43. The molecule has 1 amide bonds. The second kappa shape index (κ2) is 9.05. The van der Waals surface area contributed by atoms with Crippen LogP contribution in [0.3, 0.4) is 0 Å². The maximum atomic E-state index is 13.0. The van der Waals surface area contributed by atoms with E-state index in [4.69, 9.17) is 10.1 Å². The monoisotopic (exact) mass is 478 g/mol. The lowest BCUT2D eigenvalue weighted by Gasteiger charge is -2.44. The number of guanidine groups is 1. The first-order chi connectivity index (χ1) is 16.1. The number of amides is 1. The summed E-state index contributed by atoms with van der Waals surface area (Å²) >= 11 is 0. The molecule has 2 aromatic rings. The van der Waals surface area contributed by atoms with Crippen molar-refractivity contribution in [2.75, 3.05) is 18.5 Å². The molecule has 0 aliphatic carbocycles. The van der Waals surface area contributed by atoms with E-state index in [0.717, 1.165) is 12.1 Å². The number of hydrogen-bond donors (Lipinski definition) is 4. The lowest BCUT2D eigenvalue weighted by atomic mass is 9.85. The van der Waals surface area contributed by atoms with Gasteiger partial charge in [-0.2, -0.15) is 0 Å². The van der Waals surface area contributed by atoms with Crippen LogP contribution in [0.4, 0.5) is 24.5 Å². The molecule has 11 heteroatoms. The lowest BCUT2D eigenvalue weighted by molar-refractivity contribution is -0.274. The molecular weight excluding hydrogens is 453 g/mol. The van der Waals surface area contributed by atoms with Gasteiger partial charge in [-0.3, -0.25) is 15.1 Å². The Morgan fingerprint density at radius 2 is 1.88 bits per heavy atom. The molecule has 8 nitrogen and oxygen atoms in total. The van der Waals surface area contributed by atoms with Gasteiger partial charge in [-0.05, 0) is 50.1 Å². The third-order valence-corrected chi connectivity index (χ3v) is 5.96. The van der Waals surface area contributed by atoms with Gasteiger partial charge in [0.15, 0.2) is 5.96 Å². The second-order valence-corrected chi connectivity index (χ2v) is 8.49. The predicted octanol–water partition coefficient (Wildman–Crippen LogP) is 4.19. The zero-order valence-corrected chi connectivity index (χ0v) is 18.4. The summed E-state index contributed by atoms with van der Waals surface area (Å²) in [5.41, 5.74) is 0.121. The molecule has 0 bridgehead atoms. The highest BCUT2D eigenvalue weighted by Gasteiger charge is 2.43. The molecule has 0 radical (unpaired) electrons. The molecule has 2 aliphatic rings. The Labute approximate surface area is 194 Å². The van der Waals surface area contributed by atoms with E-state index in [1.807, 2.05) is 0 Å². The van der Waals surface area contributed by atoms with E-state index in [2.05, 4.69) is 15.4 Å². The van der Waals surface area contributed by atoms with Crippen LogP contribution in [0, 0.1) is 5.41 Å². The first kappa shape index (κ1) is 23.7. The molecule has 0 spiro atoms. The number of nitrogens with zero attached hydrogens (tertiary/aromatic N) is 1. The Morgan fingerprint density at radius 1 is 1.21 bits per heavy atom. The molecule has 1 atom stereocenters. The highest BCUT2D eigenvalue weighted by Crippen LogP contribution is 2.40. The highest BCUT2D eigenvalue weighted by atomic mass is 19.4. The third kappa shape index (κ3) is 5.04. The average molecular weight is 478 g/mol. The predicted molar refractivity (Wildman–Crippen MR) is 118 cm³/mol. The summed E-state index contributed by atoms with van der Waals surface area (Å²) in [7, 11) is 0. The van der Waals surface area contributed by atoms with Crippen molar-refractivity contribution >= 4 is 23.2 Å². The summed E-state index contributed by atoms with van der Waals surface area (Å²) < 4.78 is 46.3. The Bertz CT molecular complexity index is 1050. The number of halogens is 3. The molecule has 2 fully saturated rings. The minimum Gasteiger partial charge on any atom is -0.505 e. The first-order valence-electron chi connectivity index (χ1n) is 10.8. The fourth-order valence-corrected chi connectivity index (χ4v) is 4.36. The van der Waals surface area contributed by atoms with Crippen LogP contribution in [0.1, 0.15) is 31.7 Å². The van der Waals surface area contributed by atoms with E-state index in [1.54, 1.807) is 25.1 Å². The molecule has 0 saturated carbocycles. The van der Waals surface area contributed by atoms with Crippen molar-refractivity contribution in [1.82, 2.24) is 10.2 Å². The molecule has 34 heavy (non-hydrogen) atoms. The van der Waals surface area contributed by atoms with Crippen molar-refractivity contribution in [3.63, 3.8) is 0 Å². The molecule has 4 N–H and O–H groups in total. The van der Waals surface area contributed by atoms with Crippen molar-refractivity contribution in [2.45, 2.75) is 44.1 Å². The minimum absolute atomic E-state index is 0.0244. The smallest absolute Gasteiger partial charge is 0.505 e. The van der Waals surface area contributed by atoms with Crippen LogP contribution >= 0.6 is 0 Å². The van der Waals surface area contributed by atoms with Gasteiger partial charge in [-0.15, -0.1) is 13.2 Å². The summed E-state index contributed by atoms with van der Waals surface area (Å²) in [5.74, 6) is -0.728. The Hall–Kier alpha value is -3.47. The SMILES string of the molecule is C[C@@]1(c2cccc(Nc3ccc(OC(F)(F)F)cc3)c2O)CC(=O)N(C2CCOCC2)C(=N)N1. The van der Waals surface area contributed by atoms with Gasteiger partial charge < -0.3 is 25.2 Å². The number of alkyl halides is 3. The van der Waals surface area contributed by atoms with Gasteiger partial charge in [0.25, 0.3) is 0 Å². The standard InChI is InChI=1S/C23H25F3N4O4/c1-22(13-19(31)30(21(27)29-22)15-9-11-33-12-10-15)17-3-2-4-18(20(17)32)28-14-5-7-16(8-6-14)34-23(24,25)26/h2-8,15,28,32H,9-13H2,1H3,(H2,27,29)/t22-/m0/s1. The lowest BCUT2D eigenvalue weighted by Crippen LogP contribution is -2.62. The summed E-state index contributed by atoms with van der Waals surface area (Å²) in [6, 6.07) is 9.95. The van der Waals surface area contributed by atoms with Crippen LogP contribution in [-0.2, 0) is 15.1 Å². The van der Waals surface area contributed by atoms with Gasteiger partial charge in [0, 0.05) is 30.5 Å². The number of hydrogen-bond acceptors (Lipinski definition) is 6. The van der Waals surface area contributed by atoms with Gasteiger partial charge in [0.05, 0.1) is 17.6 Å². The van der Waals surface area contributed by atoms with E-state index >= 15 is 0 Å². The van der Waals surface area contributed by atoms with Crippen LogP contribution in [0.25, 0.3) is 0 Å². The van der Waals surface area contributed by atoms with Crippen molar-refractivity contribution in [3.8, 4) is 11.5 Å². The number of phenolic OH excluding ortho intramolecular Hbond substituents is 1. The number of carbonyl (C=O) groups is 1. The quantitative estimate of drug-likeness (QED) is 0.481. The second-order valence-electron chi connectivity index (χ2n) is 8.49. The number of phenols is 1. The molecule has 0 unspecified atom stereocenters. The van der Waals surface area contributed by atoms with E-state index < -0.39 is 11.9 Å². The highest BCUT2D eigenvalue weighted by molar-refractivity contribution is 5.99. The zero-order chi connectivity index (χ0) is 24.5. The molecular formula is C23H25F3N4O4. The van der Waals surface area contributed by atoms with Crippen LogP contribution in [-0.4, -0.2) is 47.5 Å². The number of aromatic hydroxyl groups is 1. The van der Waals surface area contributed by atoms with Crippen LogP contribution < -0.4 is 15.4 Å². The number of ether oxygens (including phenoxy) is 2.